The minimum Gasteiger partial charge on any atom is -0.483 e. The number of ether oxygens (including phenoxy) is 1. The third-order valence-electron chi connectivity index (χ3n) is 3.54. The van der Waals surface area contributed by atoms with Gasteiger partial charge in [-0.05, 0) is 30.7 Å². The number of nitrogens with one attached hydrogen (secondary N) is 2. The second kappa shape index (κ2) is 6.48. The third-order valence-corrected chi connectivity index (χ3v) is 3.54. The first-order valence-electron chi connectivity index (χ1n) is 7.22. The Balaban J connectivity index is 1.67. The van der Waals surface area contributed by atoms with Gasteiger partial charge in [0.25, 0.3) is 11.8 Å². The molecule has 118 valence electrons. The highest BCUT2D eigenvalue weighted by molar-refractivity contribution is 5.97. The number of anilines is 1. The summed E-state index contributed by atoms with van der Waals surface area (Å²) in [6.45, 7) is 0.278. The summed E-state index contributed by atoms with van der Waals surface area (Å²) in [5.41, 5.74) is 1.45. The van der Waals surface area contributed by atoms with Crippen LogP contribution in [-0.2, 0) is 11.2 Å². The standard InChI is InChI=1S/C17H15FN2O3/c18-13-5-1-2-6-14(13)20-16(21)10-23-15-7-3-4-12-11(15)8-9-19-17(12)22/h1-7H,8-10H2,(H,19,22)(H,20,21). The van der Waals surface area contributed by atoms with Crippen LogP contribution in [0.5, 0.6) is 5.75 Å². The van der Waals surface area contributed by atoms with Crippen molar-refractivity contribution in [3.8, 4) is 5.75 Å². The minimum absolute atomic E-state index is 0.107. The second-order valence-corrected chi connectivity index (χ2v) is 5.10. The van der Waals surface area contributed by atoms with Gasteiger partial charge in [-0.2, -0.15) is 0 Å². The smallest absolute Gasteiger partial charge is 0.262 e. The van der Waals surface area contributed by atoms with Gasteiger partial charge in [0.1, 0.15) is 11.6 Å². The molecule has 0 unspecified atom stereocenters. The van der Waals surface area contributed by atoms with Crippen LogP contribution in [0.25, 0.3) is 0 Å². The van der Waals surface area contributed by atoms with Crippen molar-refractivity contribution in [2.24, 2.45) is 0 Å². The summed E-state index contributed by atoms with van der Waals surface area (Å²) in [5, 5.41) is 5.20. The molecule has 0 aliphatic carbocycles. The fraction of sp³-hybridized carbons (Fsp3) is 0.176. The molecule has 0 atom stereocenters. The van der Waals surface area contributed by atoms with Crippen LogP contribution in [0.2, 0.25) is 0 Å². The summed E-state index contributed by atoms with van der Waals surface area (Å²) in [4.78, 5) is 23.7. The Kier molecular flexibility index (Phi) is 4.23. The van der Waals surface area contributed by atoms with E-state index >= 15 is 0 Å². The highest BCUT2D eigenvalue weighted by Gasteiger charge is 2.20. The average Bonchev–Trinajstić information content (AvgIpc) is 2.55. The van der Waals surface area contributed by atoms with Crippen LogP contribution in [0.1, 0.15) is 15.9 Å². The first-order chi connectivity index (χ1) is 11.1. The maximum atomic E-state index is 13.5. The Morgan fingerprint density at radius 3 is 2.87 bits per heavy atom. The van der Waals surface area contributed by atoms with Gasteiger partial charge >= 0.3 is 0 Å². The summed E-state index contributed by atoms with van der Waals surface area (Å²) in [5.74, 6) is -0.615. The largest absolute Gasteiger partial charge is 0.483 e. The molecule has 0 saturated carbocycles. The van der Waals surface area contributed by atoms with Crippen LogP contribution in [0.15, 0.2) is 42.5 Å². The molecular weight excluding hydrogens is 299 g/mol. The van der Waals surface area contributed by atoms with Crippen molar-refractivity contribution in [3.63, 3.8) is 0 Å². The van der Waals surface area contributed by atoms with Crippen LogP contribution in [-0.4, -0.2) is 25.0 Å². The molecule has 23 heavy (non-hydrogen) atoms. The molecule has 0 spiro atoms. The average molecular weight is 314 g/mol. The topological polar surface area (TPSA) is 67.4 Å². The summed E-state index contributed by atoms with van der Waals surface area (Å²) in [6, 6.07) is 11.1. The van der Waals surface area contributed by atoms with Crippen LogP contribution >= 0.6 is 0 Å². The molecular formula is C17H15FN2O3. The van der Waals surface area contributed by atoms with Crippen molar-refractivity contribution in [2.45, 2.75) is 6.42 Å². The summed E-state index contributed by atoms with van der Waals surface area (Å²) < 4.78 is 19.0. The fourth-order valence-corrected chi connectivity index (χ4v) is 2.46. The number of carbonyl (C=O) groups is 2. The Morgan fingerprint density at radius 2 is 2.04 bits per heavy atom. The third kappa shape index (κ3) is 3.31. The number of carbonyl (C=O) groups excluding carboxylic acids is 2. The van der Waals surface area contributed by atoms with Crippen molar-refractivity contribution < 1.29 is 18.7 Å². The van der Waals surface area contributed by atoms with E-state index in [2.05, 4.69) is 10.6 Å². The van der Waals surface area contributed by atoms with E-state index in [1.165, 1.54) is 12.1 Å². The summed E-state index contributed by atoms with van der Waals surface area (Å²) in [6.07, 6.45) is 0.645. The predicted molar refractivity (Wildman–Crippen MR) is 83.0 cm³/mol. The predicted octanol–water partition coefficient (Wildman–Crippen LogP) is 2.13. The number of para-hydroxylation sites is 1. The Bertz CT molecular complexity index is 761. The first kappa shape index (κ1) is 15.0. The molecule has 1 heterocycles. The Labute approximate surface area is 132 Å². The number of fused-ring (bicyclic) bond motifs is 1. The number of rotatable bonds is 4. The van der Waals surface area contributed by atoms with E-state index in [-0.39, 0.29) is 18.2 Å². The Morgan fingerprint density at radius 1 is 1.22 bits per heavy atom. The van der Waals surface area contributed by atoms with Gasteiger partial charge in [0.15, 0.2) is 6.61 Å². The van der Waals surface area contributed by atoms with Crippen molar-refractivity contribution in [1.82, 2.24) is 5.32 Å². The number of hydrogen-bond donors (Lipinski definition) is 2. The lowest BCUT2D eigenvalue weighted by atomic mass is 9.99. The van der Waals surface area contributed by atoms with Crippen molar-refractivity contribution >= 4 is 17.5 Å². The fourth-order valence-electron chi connectivity index (χ4n) is 2.46. The van der Waals surface area contributed by atoms with E-state index in [1.807, 2.05) is 0 Å². The molecule has 2 aromatic rings. The van der Waals surface area contributed by atoms with Gasteiger partial charge in [-0.15, -0.1) is 0 Å². The van der Waals surface area contributed by atoms with Crippen LogP contribution < -0.4 is 15.4 Å². The number of hydrogen-bond acceptors (Lipinski definition) is 3. The number of benzene rings is 2. The highest BCUT2D eigenvalue weighted by atomic mass is 19.1. The maximum Gasteiger partial charge on any atom is 0.262 e. The van der Waals surface area contributed by atoms with Crippen molar-refractivity contribution in [1.29, 1.82) is 0 Å². The maximum absolute atomic E-state index is 13.5. The quantitative estimate of drug-likeness (QED) is 0.908. The SMILES string of the molecule is O=C(COc1cccc2c1CCNC2=O)Nc1ccccc1F. The summed E-state index contributed by atoms with van der Waals surface area (Å²) >= 11 is 0. The van der Waals surface area contributed by atoms with Crippen molar-refractivity contribution in [2.75, 3.05) is 18.5 Å². The van der Waals surface area contributed by atoms with E-state index in [0.717, 1.165) is 5.56 Å². The number of amides is 2. The van der Waals surface area contributed by atoms with Gasteiger partial charge < -0.3 is 15.4 Å². The zero-order chi connectivity index (χ0) is 16.2. The van der Waals surface area contributed by atoms with Gasteiger partial charge in [0, 0.05) is 17.7 Å². The zero-order valence-electron chi connectivity index (χ0n) is 12.3. The van der Waals surface area contributed by atoms with Gasteiger partial charge in [0.2, 0.25) is 0 Å². The molecule has 3 rings (SSSR count). The summed E-state index contributed by atoms with van der Waals surface area (Å²) in [7, 11) is 0. The number of halogens is 1. The van der Waals surface area contributed by atoms with Crippen molar-refractivity contribution in [3.05, 3.63) is 59.4 Å². The van der Waals surface area contributed by atoms with Crippen LogP contribution in [0.4, 0.5) is 10.1 Å². The molecule has 1 aliphatic rings. The van der Waals surface area contributed by atoms with Gasteiger partial charge in [0.05, 0.1) is 5.69 Å². The Hall–Kier alpha value is -2.89. The lowest BCUT2D eigenvalue weighted by molar-refractivity contribution is -0.118. The van der Waals surface area contributed by atoms with E-state index < -0.39 is 11.7 Å². The lowest BCUT2D eigenvalue weighted by Crippen LogP contribution is -2.32. The molecule has 2 aromatic carbocycles. The highest BCUT2D eigenvalue weighted by Crippen LogP contribution is 2.25. The van der Waals surface area contributed by atoms with E-state index in [0.29, 0.717) is 24.3 Å². The molecule has 0 fully saturated rings. The van der Waals surface area contributed by atoms with E-state index in [4.69, 9.17) is 4.74 Å². The van der Waals surface area contributed by atoms with Gasteiger partial charge in [-0.3, -0.25) is 9.59 Å². The first-order valence-corrected chi connectivity index (χ1v) is 7.22. The van der Waals surface area contributed by atoms with E-state index in [9.17, 15) is 14.0 Å². The van der Waals surface area contributed by atoms with Gasteiger partial charge in [-0.1, -0.05) is 18.2 Å². The minimum atomic E-state index is -0.505. The molecule has 2 N–H and O–H groups in total. The second-order valence-electron chi connectivity index (χ2n) is 5.10. The molecule has 0 radical (unpaired) electrons. The molecule has 0 bridgehead atoms. The van der Waals surface area contributed by atoms with Crippen LogP contribution in [0, 0.1) is 5.82 Å². The normalized spacial score (nSPS) is 13.0. The monoisotopic (exact) mass is 314 g/mol. The molecule has 2 amide bonds. The molecule has 0 saturated heterocycles. The van der Waals surface area contributed by atoms with Crippen LogP contribution in [0.3, 0.4) is 0 Å². The van der Waals surface area contributed by atoms with Gasteiger partial charge in [-0.25, -0.2) is 4.39 Å². The lowest BCUT2D eigenvalue weighted by Gasteiger charge is -2.19. The molecule has 0 aromatic heterocycles. The van der Waals surface area contributed by atoms with E-state index in [1.54, 1.807) is 30.3 Å². The molecule has 1 aliphatic heterocycles. The zero-order valence-corrected chi connectivity index (χ0v) is 12.3. The molecule has 5 nitrogen and oxygen atoms in total. The molecule has 6 heteroatoms.